The second-order valence-corrected chi connectivity index (χ2v) is 7.75. The van der Waals surface area contributed by atoms with Gasteiger partial charge in [0.15, 0.2) is 5.13 Å². The highest BCUT2D eigenvalue weighted by atomic mass is 32.2. The number of rotatable bonds is 5. The molecule has 1 heterocycles. The van der Waals surface area contributed by atoms with E-state index in [9.17, 15) is 8.42 Å². The van der Waals surface area contributed by atoms with Gasteiger partial charge < -0.3 is 9.47 Å². The van der Waals surface area contributed by atoms with Gasteiger partial charge in [-0.05, 0) is 26.0 Å². The van der Waals surface area contributed by atoms with Crippen LogP contribution >= 0.6 is 11.3 Å². The van der Waals surface area contributed by atoms with Gasteiger partial charge >= 0.3 is 0 Å². The molecule has 2 rings (SSSR count). The molecule has 0 aliphatic rings. The molecule has 0 saturated carbocycles. The molecule has 1 aromatic heterocycles. The molecule has 120 valence electrons. The summed E-state index contributed by atoms with van der Waals surface area (Å²) < 4.78 is 37.1. The Morgan fingerprint density at radius 1 is 1.18 bits per heavy atom. The average Bonchev–Trinajstić information content (AvgIpc) is 2.84. The molecule has 0 aliphatic carbocycles. The van der Waals surface area contributed by atoms with Gasteiger partial charge in [0, 0.05) is 18.0 Å². The highest BCUT2D eigenvalue weighted by Gasteiger charge is 2.27. The summed E-state index contributed by atoms with van der Waals surface area (Å²) in [5.74, 6) is 0.760. The second kappa shape index (κ2) is 6.13. The van der Waals surface area contributed by atoms with Crippen molar-refractivity contribution in [2.75, 3.05) is 25.6 Å². The molecule has 0 unspecified atom stereocenters. The van der Waals surface area contributed by atoms with E-state index in [4.69, 9.17) is 9.47 Å². The Labute approximate surface area is 134 Å². The van der Waals surface area contributed by atoms with Crippen LogP contribution in [0.2, 0.25) is 0 Å². The lowest BCUT2D eigenvalue weighted by molar-refractivity contribution is 0.386. The van der Waals surface area contributed by atoms with Gasteiger partial charge in [-0.3, -0.25) is 0 Å². The first-order valence-electron chi connectivity index (χ1n) is 6.46. The molecule has 0 amide bonds. The molecule has 1 aromatic carbocycles. The Kier molecular flexibility index (Phi) is 4.62. The number of benzene rings is 1. The number of thiazole rings is 1. The number of sulfonamides is 1. The summed E-state index contributed by atoms with van der Waals surface area (Å²) in [7, 11) is 0.653. The van der Waals surface area contributed by atoms with E-state index in [-0.39, 0.29) is 10.6 Å². The third-order valence-corrected chi connectivity index (χ3v) is 6.35. The molecule has 0 saturated heterocycles. The summed E-state index contributed by atoms with van der Waals surface area (Å²) in [5, 5.41) is 0.424. The molecule has 0 aliphatic heterocycles. The SMILES string of the molecule is COc1ccc(S(=O)(=O)N(C)c2nc(C)c(C)s2)c(OC)c1. The van der Waals surface area contributed by atoms with Crippen LogP contribution in [0, 0.1) is 13.8 Å². The van der Waals surface area contributed by atoms with Crippen LogP contribution in [-0.4, -0.2) is 34.7 Å². The summed E-state index contributed by atoms with van der Waals surface area (Å²) in [6, 6.07) is 4.59. The molecular formula is C14H18N2O4S2. The van der Waals surface area contributed by atoms with Gasteiger partial charge in [0.25, 0.3) is 10.0 Å². The van der Waals surface area contributed by atoms with Crippen molar-refractivity contribution in [1.29, 1.82) is 0 Å². The molecule has 2 aromatic rings. The van der Waals surface area contributed by atoms with Crippen LogP contribution in [0.1, 0.15) is 10.6 Å². The third kappa shape index (κ3) is 2.89. The maximum Gasteiger partial charge on any atom is 0.269 e. The molecule has 0 fully saturated rings. The van der Waals surface area contributed by atoms with Crippen LogP contribution in [0.4, 0.5) is 5.13 Å². The fraction of sp³-hybridized carbons (Fsp3) is 0.357. The van der Waals surface area contributed by atoms with E-state index < -0.39 is 10.0 Å². The topological polar surface area (TPSA) is 68.7 Å². The number of hydrogen-bond acceptors (Lipinski definition) is 6. The number of anilines is 1. The minimum absolute atomic E-state index is 0.0730. The van der Waals surface area contributed by atoms with E-state index in [1.54, 1.807) is 12.1 Å². The maximum absolute atomic E-state index is 12.8. The van der Waals surface area contributed by atoms with Gasteiger partial charge in [-0.2, -0.15) is 0 Å². The Morgan fingerprint density at radius 2 is 1.86 bits per heavy atom. The van der Waals surface area contributed by atoms with Crippen LogP contribution in [0.5, 0.6) is 11.5 Å². The Hall–Kier alpha value is -1.80. The number of nitrogens with zero attached hydrogens (tertiary/aromatic N) is 2. The van der Waals surface area contributed by atoms with Crippen molar-refractivity contribution in [3.63, 3.8) is 0 Å². The predicted molar refractivity (Wildman–Crippen MR) is 86.7 cm³/mol. The molecular weight excluding hydrogens is 324 g/mol. The summed E-state index contributed by atoms with van der Waals surface area (Å²) in [4.78, 5) is 5.35. The first-order chi connectivity index (χ1) is 10.3. The highest BCUT2D eigenvalue weighted by Crippen LogP contribution is 2.34. The van der Waals surface area contributed by atoms with Crippen molar-refractivity contribution in [1.82, 2.24) is 4.98 Å². The summed E-state index contributed by atoms with van der Waals surface area (Å²) >= 11 is 1.34. The second-order valence-electron chi connectivity index (χ2n) is 4.63. The van der Waals surface area contributed by atoms with Crippen LogP contribution < -0.4 is 13.8 Å². The lowest BCUT2D eigenvalue weighted by atomic mass is 10.3. The Bertz CT molecular complexity index is 765. The van der Waals surface area contributed by atoms with Crippen LogP contribution in [0.3, 0.4) is 0 Å². The van der Waals surface area contributed by atoms with Crippen molar-refractivity contribution in [2.45, 2.75) is 18.7 Å². The van der Waals surface area contributed by atoms with E-state index in [0.29, 0.717) is 10.9 Å². The fourth-order valence-electron chi connectivity index (χ4n) is 1.83. The fourth-order valence-corrected chi connectivity index (χ4v) is 4.19. The van der Waals surface area contributed by atoms with Crippen molar-refractivity contribution in [3.05, 3.63) is 28.8 Å². The van der Waals surface area contributed by atoms with Crippen molar-refractivity contribution < 1.29 is 17.9 Å². The first kappa shape index (κ1) is 16.6. The minimum atomic E-state index is -3.76. The number of methoxy groups -OCH3 is 2. The van der Waals surface area contributed by atoms with Crippen molar-refractivity contribution >= 4 is 26.5 Å². The largest absolute Gasteiger partial charge is 0.497 e. The molecule has 0 N–H and O–H groups in total. The zero-order valence-electron chi connectivity index (χ0n) is 13.1. The van der Waals surface area contributed by atoms with Gasteiger partial charge in [-0.25, -0.2) is 17.7 Å². The minimum Gasteiger partial charge on any atom is -0.497 e. The lowest BCUT2D eigenvalue weighted by Crippen LogP contribution is -2.26. The number of aryl methyl sites for hydroxylation is 2. The van der Waals surface area contributed by atoms with Crippen LogP contribution in [0.15, 0.2) is 23.1 Å². The number of aromatic nitrogens is 1. The van der Waals surface area contributed by atoms with E-state index in [1.165, 1.54) is 43.0 Å². The number of ether oxygens (including phenoxy) is 2. The molecule has 22 heavy (non-hydrogen) atoms. The lowest BCUT2D eigenvalue weighted by Gasteiger charge is -2.18. The van der Waals surface area contributed by atoms with E-state index in [0.717, 1.165) is 10.6 Å². The van der Waals surface area contributed by atoms with E-state index in [2.05, 4.69) is 4.98 Å². The van der Waals surface area contributed by atoms with Gasteiger partial charge in [-0.1, -0.05) is 0 Å². The third-order valence-electron chi connectivity index (χ3n) is 3.30. The molecule has 0 radical (unpaired) electrons. The molecule has 0 atom stereocenters. The molecule has 8 heteroatoms. The summed E-state index contributed by atoms with van der Waals surface area (Å²) in [6.07, 6.45) is 0. The first-order valence-corrected chi connectivity index (χ1v) is 8.72. The van der Waals surface area contributed by atoms with Crippen LogP contribution in [0.25, 0.3) is 0 Å². The maximum atomic E-state index is 12.8. The number of hydrogen-bond donors (Lipinski definition) is 0. The normalized spacial score (nSPS) is 11.3. The summed E-state index contributed by atoms with van der Waals surface area (Å²) in [6.45, 7) is 3.76. The predicted octanol–water partition coefficient (Wildman–Crippen LogP) is 2.60. The highest BCUT2D eigenvalue weighted by molar-refractivity contribution is 7.93. The van der Waals surface area contributed by atoms with Crippen molar-refractivity contribution in [3.8, 4) is 11.5 Å². The zero-order valence-corrected chi connectivity index (χ0v) is 14.7. The quantitative estimate of drug-likeness (QED) is 0.835. The van der Waals surface area contributed by atoms with Gasteiger partial charge in [0.2, 0.25) is 0 Å². The Balaban J connectivity index is 2.50. The van der Waals surface area contributed by atoms with Gasteiger partial charge in [-0.15, -0.1) is 11.3 Å². The van der Waals surface area contributed by atoms with Crippen LogP contribution in [-0.2, 0) is 10.0 Å². The van der Waals surface area contributed by atoms with E-state index >= 15 is 0 Å². The molecule has 0 spiro atoms. The Morgan fingerprint density at radius 3 is 2.36 bits per heavy atom. The van der Waals surface area contributed by atoms with Crippen molar-refractivity contribution in [2.24, 2.45) is 0 Å². The standard InChI is InChI=1S/C14H18N2O4S2/c1-9-10(2)21-14(15-9)16(3)22(17,18)13-7-6-11(19-4)8-12(13)20-5/h6-8H,1-5H3. The summed E-state index contributed by atoms with van der Waals surface area (Å²) in [5.41, 5.74) is 0.823. The van der Waals surface area contributed by atoms with Gasteiger partial charge in [0.05, 0.1) is 19.9 Å². The zero-order chi connectivity index (χ0) is 16.5. The molecule has 0 bridgehead atoms. The van der Waals surface area contributed by atoms with E-state index in [1.807, 2.05) is 13.8 Å². The average molecular weight is 342 g/mol. The smallest absolute Gasteiger partial charge is 0.269 e. The monoisotopic (exact) mass is 342 g/mol. The van der Waals surface area contributed by atoms with Gasteiger partial charge in [0.1, 0.15) is 16.4 Å². The molecule has 6 nitrogen and oxygen atoms in total.